The Balaban J connectivity index is 2.01. The molecule has 136 valence electrons. The summed E-state index contributed by atoms with van der Waals surface area (Å²) in [6.45, 7) is 0.390. The summed E-state index contributed by atoms with van der Waals surface area (Å²) in [5, 5.41) is 11.9. The molecule has 6 nitrogen and oxygen atoms in total. The zero-order valence-corrected chi connectivity index (χ0v) is 12.8. The maximum Gasteiger partial charge on any atom is 0.573 e. The predicted molar refractivity (Wildman–Crippen MR) is 77.3 cm³/mol. The van der Waals surface area contributed by atoms with Crippen LogP contribution in [0.5, 0.6) is 5.75 Å². The van der Waals surface area contributed by atoms with Crippen LogP contribution in [0.25, 0.3) is 0 Å². The van der Waals surface area contributed by atoms with Gasteiger partial charge < -0.3 is 20.1 Å². The first-order valence-corrected chi connectivity index (χ1v) is 7.46. The number of fused-ring (bicyclic) bond motifs is 1. The molecule has 0 aliphatic carbocycles. The number of halogens is 4. The van der Waals surface area contributed by atoms with E-state index in [1.165, 1.54) is 0 Å². The van der Waals surface area contributed by atoms with Gasteiger partial charge in [0.2, 0.25) is 0 Å². The van der Waals surface area contributed by atoms with Gasteiger partial charge in [0.25, 0.3) is 5.91 Å². The number of hydrogen-bond donors (Lipinski definition) is 2. The Bertz CT molecular complexity index is 724. The second-order valence-corrected chi connectivity index (χ2v) is 5.96. The molecule has 2 fully saturated rings. The molecule has 0 aromatic heterocycles. The molecule has 0 saturated carbocycles. The predicted octanol–water partition coefficient (Wildman–Crippen LogP) is 1.95. The second-order valence-electron chi connectivity index (χ2n) is 5.96. The smallest absolute Gasteiger partial charge is 0.478 e. The number of hydrogen-bond acceptors (Lipinski definition) is 4. The summed E-state index contributed by atoms with van der Waals surface area (Å²) < 4.78 is 56.8. The number of amides is 1. The summed E-state index contributed by atoms with van der Waals surface area (Å²) in [4.78, 5) is 24.3. The number of alkyl halides is 4. The average Bonchev–Trinajstić information content (AvgIpc) is 2.78. The van der Waals surface area contributed by atoms with E-state index in [1.807, 2.05) is 0 Å². The maximum absolute atomic E-state index is 15.0. The van der Waals surface area contributed by atoms with Gasteiger partial charge in [0.15, 0.2) is 11.4 Å². The third-order valence-corrected chi connectivity index (χ3v) is 4.43. The number of anilines is 1. The van der Waals surface area contributed by atoms with Crippen LogP contribution in [-0.4, -0.2) is 48.6 Å². The molecular weight excluding hydrogens is 348 g/mol. The van der Waals surface area contributed by atoms with Gasteiger partial charge in [0.05, 0.1) is 11.3 Å². The summed E-state index contributed by atoms with van der Waals surface area (Å²) >= 11 is 0. The Morgan fingerprint density at radius 1 is 1.40 bits per heavy atom. The fourth-order valence-electron chi connectivity index (χ4n) is 3.22. The van der Waals surface area contributed by atoms with Gasteiger partial charge in [-0.25, -0.2) is 9.18 Å². The Kier molecular flexibility index (Phi) is 4.10. The number of carbonyl (C=O) groups is 2. The van der Waals surface area contributed by atoms with E-state index in [9.17, 15) is 27.2 Å². The maximum atomic E-state index is 15.0. The summed E-state index contributed by atoms with van der Waals surface area (Å²) in [6.07, 6.45) is -5.16. The zero-order chi connectivity index (χ0) is 18.4. The lowest BCUT2D eigenvalue weighted by molar-refractivity contribution is -0.274. The van der Waals surface area contributed by atoms with E-state index in [1.54, 1.807) is 0 Å². The van der Waals surface area contributed by atoms with Crippen LogP contribution in [0.1, 0.15) is 16.8 Å². The van der Waals surface area contributed by atoms with Gasteiger partial charge >= 0.3 is 12.3 Å². The van der Waals surface area contributed by atoms with Gasteiger partial charge in [-0.1, -0.05) is 0 Å². The van der Waals surface area contributed by atoms with Crippen LogP contribution >= 0.6 is 0 Å². The minimum atomic E-state index is -5.09. The Labute approximate surface area is 139 Å². The molecule has 0 spiro atoms. The molecule has 1 amide bonds. The van der Waals surface area contributed by atoms with E-state index >= 15 is 0 Å². The van der Waals surface area contributed by atoms with Crippen molar-refractivity contribution in [1.29, 1.82) is 0 Å². The number of carboxylic acid groups (broad SMARTS) is 1. The molecular formula is C15H14F4N2O4. The molecule has 0 unspecified atom stereocenters. The largest absolute Gasteiger partial charge is 0.573 e. The first-order chi connectivity index (χ1) is 11.6. The molecule has 2 aliphatic rings. The average molecular weight is 362 g/mol. The van der Waals surface area contributed by atoms with Crippen molar-refractivity contribution >= 4 is 17.6 Å². The number of benzene rings is 1. The molecule has 25 heavy (non-hydrogen) atoms. The van der Waals surface area contributed by atoms with Crippen molar-refractivity contribution in [3.63, 3.8) is 0 Å². The minimum Gasteiger partial charge on any atom is -0.478 e. The van der Waals surface area contributed by atoms with Gasteiger partial charge in [-0.2, -0.15) is 0 Å². The summed E-state index contributed by atoms with van der Waals surface area (Å²) in [5.74, 6) is -3.94. The molecule has 10 heteroatoms. The molecule has 0 radical (unpaired) electrons. The molecule has 0 bridgehead atoms. The van der Waals surface area contributed by atoms with E-state index in [0.717, 1.165) is 17.0 Å². The van der Waals surface area contributed by atoms with Crippen molar-refractivity contribution < 1.29 is 37.0 Å². The van der Waals surface area contributed by atoms with Crippen molar-refractivity contribution in [3.05, 3.63) is 23.8 Å². The lowest BCUT2D eigenvalue weighted by Crippen LogP contribution is -2.49. The fourth-order valence-corrected chi connectivity index (χ4v) is 3.22. The second kappa shape index (κ2) is 5.87. The zero-order valence-electron chi connectivity index (χ0n) is 12.8. The number of carbonyl (C=O) groups excluding carboxylic acids is 1. The number of nitrogens with zero attached hydrogens (tertiary/aromatic N) is 1. The number of rotatable bonds is 3. The van der Waals surface area contributed by atoms with Gasteiger partial charge in [0, 0.05) is 25.4 Å². The van der Waals surface area contributed by atoms with Crippen molar-refractivity contribution in [2.24, 2.45) is 5.92 Å². The highest BCUT2D eigenvalue weighted by Crippen LogP contribution is 2.43. The molecule has 2 aliphatic heterocycles. The van der Waals surface area contributed by atoms with Crippen LogP contribution in [0.3, 0.4) is 0 Å². The van der Waals surface area contributed by atoms with E-state index in [0.29, 0.717) is 6.07 Å². The van der Waals surface area contributed by atoms with E-state index in [4.69, 9.17) is 5.11 Å². The van der Waals surface area contributed by atoms with E-state index in [-0.39, 0.29) is 31.7 Å². The van der Waals surface area contributed by atoms with Crippen LogP contribution < -0.4 is 15.0 Å². The van der Waals surface area contributed by atoms with Crippen molar-refractivity contribution in [1.82, 2.24) is 5.32 Å². The Morgan fingerprint density at radius 2 is 2.12 bits per heavy atom. The lowest BCUT2D eigenvalue weighted by Gasteiger charge is -2.29. The van der Waals surface area contributed by atoms with Crippen LogP contribution in [0.15, 0.2) is 18.2 Å². The van der Waals surface area contributed by atoms with Crippen LogP contribution in [0.2, 0.25) is 0 Å². The Hall–Kier alpha value is -2.36. The third kappa shape index (κ3) is 3.13. The summed E-state index contributed by atoms with van der Waals surface area (Å²) in [7, 11) is 0. The number of aromatic carboxylic acids is 1. The molecule has 2 saturated heterocycles. The lowest BCUT2D eigenvalue weighted by atomic mass is 9.86. The molecule has 1 aromatic carbocycles. The SMILES string of the molecule is O=C(O)c1ccc(N2C[C@@H]3CNCC[C@]3(F)C2=O)c(OC(F)(F)F)c1. The van der Waals surface area contributed by atoms with Gasteiger partial charge in [-0.15, -0.1) is 13.2 Å². The third-order valence-electron chi connectivity index (χ3n) is 4.43. The first-order valence-electron chi connectivity index (χ1n) is 7.46. The topological polar surface area (TPSA) is 78.9 Å². The molecule has 3 rings (SSSR count). The van der Waals surface area contributed by atoms with Crippen molar-refractivity contribution in [3.8, 4) is 5.75 Å². The van der Waals surface area contributed by atoms with Gasteiger partial charge in [0.1, 0.15) is 0 Å². The van der Waals surface area contributed by atoms with E-state index < -0.39 is 41.1 Å². The molecule has 2 heterocycles. The Morgan fingerprint density at radius 3 is 2.72 bits per heavy atom. The van der Waals surface area contributed by atoms with Crippen LogP contribution in [0, 0.1) is 5.92 Å². The van der Waals surface area contributed by atoms with Gasteiger partial charge in [-0.3, -0.25) is 4.79 Å². The van der Waals surface area contributed by atoms with Crippen molar-refractivity contribution in [2.75, 3.05) is 24.5 Å². The summed E-state index contributed by atoms with van der Waals surface area (Å²) in [6, 6.07) is 2.74. The first kappa shape index (κ1) is 17.5. The van der Waals surface area contributed by atoms with Crippen molar-refractivity contribution in [2.45, 2.75) is 18.5 Å². The standard InChI is InChI=1S/C15H14F4N2O4/c16-14-3-4-20-6-9(14)7-21(13(14)24)10-2-1-8(12(22)23)5-11(10)25-15(17,18)19/h1-2,5,9,20H,3-4,6-7H2,(H,22,23)/t9-,14+/m0/s1. The number of ether oxygens (including phenoxy) is 1. The van der Waals surface area contributed by atoms with Crippen LogP contribution in [-0.2, 0) is 4.79 Å². The number of piperidine rings is 1. The molecule has 2 atom stereocenters. The monoisotopic (exact) mass is 362 g/mol. The molecule has 1 aromatic rings. The van der Waals surface area contributed by atoms with Gasteiger partial charge in [-0.05, 0) is 24.7 Å². The van der Waals surface area contributed by atoms with Crippen LogP contribution in [0.4, 0.5) is 23.2 Å². The minimum absolute atomic E-state index is 0.0737. The van der Waals surface area contributed by atoms with E-state index in [2.05, 4.69) is 10.1 Å². The normalized spacial score (nSPS) is 26.5. The quantitative estimate of drug-likeness (QED) is 0.804. The highest BCUT2D eigenvalue weighted by molar-refractivity contribution is 6.04. The number of nitrogens with one attached hydrogen (secondary N) is 1. The highest BCUT2D eigenvalue weighted by atomic mass is 19.4. The number of carboxylic acids is 1. The summed E-state index contributed by atoms with van der Waals surface area (Å²) in [5.41, 5.74) is -2.89. The highest BCUT2D eigenvalue weighted by Gasteiger charge is 2.56. The fraction of sp³-hybridized carbons (Fsp3) is 0.467. The molecule has 2 N–H and O–H groups in total.